The molecule has 2 aliphatic heterocycles. The van der Waals surface area contributed by atoms with E-state index >= 15 is 0 Å². The Morgan fingerprint density at radius 3 is 2.47 bits per heavy atom. The average Bonchev–Trinajstić information content (AvgIpc) is 2.88. The van der Waals surface area contributed by atoms with E-state index in [1.54, 1.807) is 4.90 Å². The molecule has 2 unspecified atom stereocenters. The summed E-state index contributed by atoms with van der Waals surface area (Å²) in [7, 11) is 0. The zero-order chi connectivity index (χ0) is 13.8. The van der Waals surface area contributed by atoms with Gasteiger partial charge in [0.1, 0.15) is 6.04 Å². The van der Waals surface area contributed by atoms with Gasteiger partial charge in [0.05, 0.1) is 0 Å². The zero-order valence-electron chi connectivity index (χ0n) is 11.1. The molecular formula is C13H22N2O4. The highest BCUT2D eigenvalue weighted by molar-refractivity contribution is 5.83. The Labute approximate surface area is 113 Å². The van der Waals surface area contributed by atoms with E-state index in [1.165, 1.54) is 4.90 Å². The number of hydrogen-bond acceptors (Lipinski definition) is 3. The Hall–Kier alpha value is -1.30. The van der Waals surface area contributed by atoms with Crippen LogP contribution in [0.4, 0.5) is 4.79 Å². The first-order chi connectivity index (χ1) is 9.15. The number of nitrogens with zero attached hydrogens (tertiary/aromatic N) is 2. The molecule has 0 radical (unpaired) electrons. The molecule has 2 amide bonds. The molecule has 2 heterocycles. The lowest BCUT2D eigenvalue weighted by molar-refractivity contribution is -0.141. The third kappa shape index (κ3) is 3.00. The van der Waals surface area contributed by atoms with E-state index in [2.05, 4.69) is 0 Å². The van der Waals surface area contributed by atoms with E-state index in [0.29, 0.717) is 25.9 Å². The molecule has 0 aromatic heterocycles. The number of piperidine rings is 1. The molecule has 0 spiro atoms. The van der Waals surface area contributed by atoms with Crippen LogP contribution in [0.5, 0.6) is 0 Å². The largest absolute Gasteiger partial charge is 0.480 e. The fraction of sp³-hybridized carbons (Fsp3) is 0.846. The molecule has 0 saturated carbocycles. The van der Waals surface area contributed by atoms with Crippen molar-refractivity contribution in [3.8, 4) is 0 Å². The van der Waals surface area contributed by atoms with Gasteiger partial charge in [-0.05, 0) is 38.5 Å². The van der Waals surface area contributed by atoms with Crippen LogP contribution in [0.2, 0.25) is 0 Å². The smallest absolute Gasteiger partial charge is 0.326 e. The van der Waals surface area contributed by atoms with Gasteiger partial charge in [-0.3, -0.25) is 0 Å². The van der Waals surface area contributed by atoms with E-state index in [-0.39, 0.29) is 18.7 Å². The lowest BCUT2D eigenvalue weighted by Crippen LogP contribution is -2.53. The monoisotopic (exact) mass is 270 g/mol. The fourth-order valence-electron chi connectivity index (χ4n) is 3.12. The highest BCUT2D eigenvalue weighted by atomic mass is 16.4. The quantitative estimate of drug-likeness (QED) is 0.798. The van der Waals surface area contributed by atoms with Gasteiger partial charge >= 0.3 is 12.0 Å². The van der Waals surface area contributed by atoms with Gasteiger partial charge in [0.2, 0.25) is 0 Å². The summed E-state index contributed by atoms with van der Waals surface area (Å²) in [5, 5.41) is 18.2. The van der Waals surface area contributed by atoms with Gasteiger partial charge in [-0.2, -0.15) is 0 Å². The predicted octanol–water partition coefficient (Wildman–Crippen LogP) is 0.892. The number of carboxylic acid groups (broad SMARTS) is 1. The van der Waals surface area contributed by atoms with Gasteiger partial charge in [-0.1, -0.05) is 0 Å². The lowest BCUT2D eigenvalue weighted by atomic mass is 10.00. The molecule has 0 aromatic carbocycles. The molecule has 2 saturated heterocycles. The van der Waals surface area contributed by atoms with Gasteiger partial charge in [0, 0.05) is 25.7 Å². The van der Waals surface area contributed by atoms with Crippen molar-refractivity contribution in [3.63, 3.8) is 0 Å². The van der Waals surface area contributed by atoms with Crippen molar-refractivity contribution >= 4 is 12.0 Å². The predicted molar refractivity (Wildman–Crippen MR) is 68.8 cm³/mol. The van der Waals surface area contributed by atoms with Crippen molar-refractivity contribution in [3.05, 3.63) is 0 Å². The standard InChI is InChI=1S/C13H22N2O4/c16-9-6-10-4-1-2-7-14(10)13(19)15-8-3-5-11(15)12(17)18/h10-11,16H,1-9H2,(H,17,18). The topological polar surface area (TPSA) is 81.1 Å². The highest BCUT2D eigenvalue weighted by Gasteiger charge is 2.38. The maximum Gasteiger partial charge on any atom is 0.326 e. The summed E-state index contributed by atoms with van der Waals surface area (Å²) in [4.78, 5) is 26.9. The molecule has 2 N–H and O–H groups in total. The average molecular weight is 270 g/mol. The molecule has 2 atom stereocenters. The Kier molecular flexibility index (Phi) is 4.63. The van der Waals surface area contributed by atoms with E-state index < -0.39 is 12.0 Å². The Balaban J connectivity index is 2.06. The first-order valence-corrected chi connectivity index (χ1v) is 7.06. The number of rotatable bonds is 3. The van der Waals surface area contributed by atoms with Crippen LogP contribution in [0.15, 0.2) is 0 Å². The molecule has 6 heteroatoms. The molecule has 0 aromatic rings. The van der Waals surface area contributed by atoms with Gasteiger partial charge in [0.25, 0.3) is 0 Å². The van der Waals surface area contributed by atoms with Gasteiger partial charge in [0.15, 0.2) is 0 Å². The summed E-state index contributed by atoms with van der Waals surface area (Å²) >= 11 is 0. The van der Waals surface area contributed by atoms with E-state index in [1.807, 2.05) is 0 Å². The second-order valence-electron chi connectivity index (χ2n) is 5.33. The molecule has 108 valence electrons. The third-order valence-electron chi connectivity index (χ3n) is 4.12. The molecular weight excluding hydrogens is 248 g/mol. The van der Waals surface area contributed by atoms with Crippen LogP contribution in [-0.2, 0) is 4.79 Å². The van der Waals surface area contributed by atoms with E-state index in [0.717, 1.165) is 25.7 Å². The molecule has 19 heavy (non-hydrogen) atoms. The number of hydrogen-bond donors (Lipinski definition) is 2. The normalized spacial score (nSPS) is 27.6. The summed E-state index contributed by atoms with van der Waals surface area (Å²) in [6, 6.07) is -0.784. The molecule has 2 rings (SSSR count). The van der Waals surface area contributed by atoms with Crippen molar-refractivity contribution in [2.75, 3.05) is 19.7 Å². The van der Waals surface area contributed by atoms with Gasteiger partial charge in [-0.15, -0.1) is 0 Å². The third-order valence-corrected chi connectivity index (χ3v) is 4.12. The van der Waals surface area contributed by atoms with Crippen LogP contribution in [0.3, 0.4) is 0 Å². The minimum atomic E-state index is -0.915. The fourth-order valence-corrected chi connectivity index (χ4v) is 3.12. The zero-order valence-corrected chi connectivity index (χ0v) is 11.1. The van der Waals surface area contributed by atoms with Crippen LogP contribution in [0, 0.1) is 0 Å². The molecule has 0 bridgehead atoms. The molecule has 0 aliphatic carbocycles. The van der Waals surface area contributed by atoms with Crippen molar-refractivity contribution < 1.29 is 19.8 Å². The van der Waals surface area contributed by atoms with Crippen LogP contribution >= 0.6 is 0 Å². The van der Waals surface area contributed by atoms with Crippen molar-refractivity contribution in [2.24, 2.45) is 0 Å². The van der Waals surface area contributed by atoms with Crippen LogP contribution in [0.1, 0.15) is 38.5 Å². The number of carbonyl (C=O) groups excluding carboxylic acids is 1. The molecule has 6 nitrogen and oxygen atoms in total. The summed E-state index contributed by atoms with van der Waals surface area (Å²) in [5.74, 6) is -0.915. The number of likely N-dealkylation sites (tertiary alicyclic amines) is 2. The Bertz CT molecular complexity index is 346. The number of aliphatic hydroxyl groups excluding tert-OH is 1. The second kappa shape index (κ2) is 6.23. The SMILES string of the molecule is O=C(O)C1CCCN1C(=O)N1CCCCC1CCO. The number of carbonyl (C=O) groups is 2. The number of amides is 2. The van der Waals surface area contributed by atoms with E-state index in [4.69, 9.17) is 10.2 Å². The second-order valence-corrected chi connectivity index (χ2v) is 5.33. The minimum Gasteiger partial charge on any atom is -0.480 e. The van der Waals surface area contributed by atoms with Gasteiger partial charge in [-0.25, -0.2) is 9.59 Å². The first-order valence-electron chi connectivity index (χ1n) is 7.06. The van der Waals surface area contributed by atoms with E-state index in [9.17, 15) is 9.59 Å². The van der Waals surface area contributed by atoms with Crippen molar-refractivity contribution in [2.45, 2.75) is 50.6 Å². The van der Waals surface area contributed by atoms with Crippen LogP contribution in [-0.4, -0.2) is 63.8 Å². The van der Waals surface area contributed by atoms with Crippen molar-refractivity contribution in [1.82, 2.24) is 9.80 Å². The Morgan fingerprint density at radius 2 is 1.79 bits per heavy atom. The minimum absolute atomic E-state index is 0.0568. The van der Waals surface area contributed by atoms with Gasteiger partial charge < -0.3 is 20.0 Å². The number of aliphatic carboxylic acids is 1. The van der Waals surface area contributed by atoms with Crippen LogP contribution < -0.4 is 0 Å². The summed E-state index contributed by atoms with van der Waals surface area (Å²) in [6.45, 7) is 1.27. The number of urea groups is 1. The molecule has 2 aliphatic rings. The maximum absolute atomic E-state index is 12.5. The summed E-state index contributed by atoms with van der Waals surface area (Å²) in [5.41, 5.74) is 0. The summed E-state index contributed by atoms with van der Waals surface area (Å²) in [6.07, 6.45) is 4.80. The number of aliphatic hydroxyl groups is 1. The van der Waals surface area contributed by atoms with Crippen LogP contribution in [0.25, 0.3) is 0 Å². The highest BCUT2D eigenvalue weighted by Crippen LogP contribution is 2.25. The molecule has 2 fully saturated rings. The van der Waals surface area contributed by atoms with Crippen molar-refractivity contribution in [1.29, 1.82) is 0 Å². The maximum atomic E-state index is 12.5. The first kappa shape index (κ1) is 14.1. The lowest BCUT2D eigenvalue weighted by Gasteiger charge is -2.38. The Morgan fingerprint density at radius 1 is 1.05 bits per heavy atom. The summed E-state index contributed by atoms with van der Waals surface area (Å²) < 4.78 is 0. The number of carboxylic acids is 1.